The topological polar surface area (TPSA) is 92.3 Å². The number of aryl methyl sites for hydroxylation is 2. The number of unbranched alkanes of at least 4 members (excludes halogenated alkanes) is 2. The second-order valence-corrected chi connectivity index (χ2v) is 7.21. The SMILES string of the molecule is CCCCCc1nccc(CO)n1.CSN.Cc1cccc(-c2cccc(O)c2)c1. The maximum atomic E-state index is 9.34. The lowest BCUT2D eigenvalue weighted by atomic mass is 10.0. The van der Waals surface area contributed by atoms with E-state index in [4.69, 9.17) is 10.2 Å². The summed E-state index contributed by atoms with van der Waals surface area (Å²) in [5, 5.41) is 23.0. The van der Waals surface area contributed by atoms with E-state index in [0.717, 1.165) is 29.8 Å². The molecule has 0 amide bonds. The van der Waals surface area contributed by atoms with Gasteiger partial charge in [0, 0.05) is 12.6 Å². The predicted octanol–water partition coefficient (Wildman–Crippen LogP) is 5.29. The average Bonchev–Trinajstić information content (AvgIpc) is 2.75. The monoisotopic (exact) mass is 427 g/mol. The highest BCUT2D eigenvalue weighted by molar-refractivity contribution is 7.96. The molecule has 1 aromatic heterocycles. The van der Waals surface area contributed by atoms with Crippen molar-refractivity contribution in [3.05, 3.63) is 77.9 Å². The van der Waals surface area contributed by atoms with E-state index >= 15 is 0 Å². The summed E-state index contributed by atoms with van der Waals surface area (Å²) in [6.07, 6.45) is 8.00. The van der Waals surface area contributed by atoms with Crippen LogP contribution in [0.3, 0.4) is 0 Å². The fourth-order valence-corrected chi connectivity index (χ4v) is 2.69. The molecule has 2 aromatic carbocycles. The van der Waals surface area contributed by atoms with Crippen molar-refractivity contribution in [1.29, 1.82) is 0 Å². The van der Waals surface area contributed by atoms with Crippen LogP contribution in [0.5, 0.6) is 5.75 Å². The van der Waals surface area contributed by atoms with Gasteiger partial charge in [0.2, 0.25) is 0 Å². The lowest BCUT2D eigenvalue weighted by Crippen LogP contribution is -1.98. The van der Waals surface area contributed by atoms with E-state index in [1.807, 2.05) is 30.5 Å². The summed E-state index contributed by atoms with van der Waals surface area (Å²) >= 11 is 1.25. The quantitative estimate of drug-likeness (QED) is 0.365. The molecule has 0 atom stereocenters. The van der Waals surface area contributed by atoms with Crippen LogP contribution >= 0.6 is 11.9 Å². The highest BCUT2D eigenvalue weighted by Gasteiger charge is 1.98. The van der Waals surface area contributed by atoms with Crippen molar-refractivity contribution in [2.24, 2.45) is 5.14 Å². The summed E-state index contributed by atoms with van der Waals surface area (Å²) in [6.45, 7) is 4.24. The first-order chi connectivity index (χ1) is 14.5. The molecule has 0 unspecified atom stereocenters. The molecule has 0 bridgehead atoms. The first-order valence-corrected chi connectivity index (χ1v) is 11.3. The number of nitrogens with two attached hydrogens (primary N) is 1. The number of hydrogen-bond donors (Lipinski definition) is 3. The normalized spacial score (nSPS) is 9.77. The Balaban J connectivity index is 0.000000266. The van der Waals surface area contributed by atoms with Gasteiger partial charge in [-0.15, -0.1) is 0 Å². The van der Waals surface area contributed by atoms with Crippen LogP contribution in [0.2, 0.25) is 0 Å². The number of aromatic hydroxyl groups is 1. The molecule has 0 radical (unpaired) electrons. The molecule has 3 rings (SSSR count). The van der Waals surface area contributed by atoms with Gasteiger partial charge in [-0.25, -0.2) is 9.97 Å². The Morgan fingerprint density at radius 3 is 2.27 bits per heavy atom. The Hall–Kier alpha value is -2.41. The third kappa shape index (κ3) is 10.4. The van der Waals surface area contributed by atoms with E-state index in [-0.39, 0.29) is 6.61 Å². The Kier molecular flexibility index (Phi) is 13.2. The van der Waals surface area contributed by atoms with E-state index in [2.05, 4.69) is 35.9 Å². The molecule has 0 saturated heterocycles. The Morgan fingerprint density at radius 2 is 1.67 bits per heavy atom. The van der Waals surface area contributed by atoms with Gasteiger partial charge < -0.3 is 10.2 Å². The van der Waals surface area contributed by atoms with E-state index in [1.165, 1.54) is 30.4 Å². The average molecular weight is 428 g/mol. The van der Waals surface area contributed by atoms with Gasteiger partial charge in [0.15, 0.2) is 0 Å². The molecule has 6 heteroatoms. The minimum Gasteiger partial charge on any atom is -0.508 e. The van der Waals surface area contributed by atoms with Crippen molar-refractivity contribution in [2.45, 2.75) is 46.1 Å². The van der Waals surface area contributed by atoms with Gasteiger partial charge >= 0.3 is 0 Å². The van der Waals surface area contributed by atoms with Crippen LogP contribution in [-0.2, 0) is 13.0 Å². The highest BCUT2D eigenvalue weighted by atomic mass is 32.2. The summed E-state index contributed by atoms with van der Waals surface area (Å²) in [7, 11) is 0. The molecule has 162 valence electrons. The van der Waals surface area contributed by atoms with Gasteiger partial charge in [-0.2, -0.15) is 0 Å². The molecule has 0 aliphatic rings. The Morgan fingerprint density at radius 1 is 1.00 bits per heavy atom. The maximum Gasteiger partial charge on any atom is 0.128 e. The second-order valence-electron chi connectivity index (χ2n) is 6.73. The second kappa shape index (κ2) is 15.4. The Labute approximate surface area is 184 Å². The van der Waals surface area contributed by atoms with E-state index < -0.39 is 0 Å². The first-order valence-electron chi connectivity index (χ1n) is 10.0. The smallest absolute Gasteiger partial charge is 0.128 e. The fraction of sp³-hybridized carbons (Fsp3) is 0.333. The standard InChI is InChI=1S/C13H12O.C10H16N2O.CH5NS/c1-10-4-2-5-11(8-10)12-6-3-7-13(14)9-12;1-2-3-4-5-10-11-7-6-9(8-13)12-10;1-3-2/h2-9,14H,1H3;6-7,13H,2-5,8H2,1H3;2H2,1H3. The zero-order chi connectivity index (χ0) is 22.2. The molecular weight excluding hydrogens is 394 g/mol. The van der Waals surface area contributed by atoms with Crippen molar-refractivity contribution in [3.8, 4) is 16.9 Å². The van der Waals surface area contributed by atoms with Crippen LogP contribution in [0.15, 0.2) is 60.8 Å². The van der Waals surface area contributed by atoms with Crippen LogP contribution in [0.4, 0.5) is 0 Å². The Bertz CT molecular complexity index is 816. The van der Waals surface area contributed by atoms with Crippen LogP contribution in [0.25, 0.3) is 11.1 Å². The van der Waals surface area contributed by atoms with E-state index in [9.17, 15) is 5.11 Å². The zero-order valence-corrected chi connectivity index (χ0v) is 18.9. The van der Waals surface area contributed by atoms with Crippen molar-refractivity contribution < 1.29 is 10.2 Å². The van der Waals surface area contributed by atoms with Crippen molar-refractivity contribution >= 4 is 11.9 Å². The number of phenols is 1. The van der Waals surface area contributed by atoms with E-state index in [0.29, 0.717) is 11.4 Å². The largest absolute Gasteiger partial charge is 0.508 e. The van der Waals surface area contributed by atoms with Crippen LogP contribution in [0, 0.1) is 6.92 Å². The number of nitrogens with zero attached hydrogens (tertiary/aromatic N) is 2. The molecule has 1 heterocycles. The molecule has 5 nitrogen and oxygen atoms in total. The molecule has 0 spiro atoms. The van der Waals surface area contributed by atoms with Gasteiger partial charge in [-0.05, 0) is 48.9 Å². The molecule has 3 aromatic rings. The summed E-state index contributed by atoms with van der Waals surface area (Å²) < 4.78 is 0. The molecule has 30 heavy (non-hydrogen) atoms. The van der Waals surface area contributed by atoms with Crippen molar-refractivity contribution in [2.75, 3.05) is 6.26 Å². The molecule has 0 fully saturated rings. The minimum atomic E-state index is 0.00327. The molecule has 4 N–H and O–H groups in total. The zero-order valence-electron chi connectivity index (χ0n) is 18.1. The van der Waals surface area contributed by atoms with Gasteiger partial charge in [-0.1, -0.05) is 73.7 Å². The number of phenolic OH excluding ortho intramolecular Hbond substituents is 1. The number of aliphatic hydroxyl groups excluding tert-OH is 1. The predicted molar refractivity (Wildman–Crippen MR) is 127 cm³/mol. The molecule has 0 aliphatic carbocycles. The van der Waals surface area contributed by atoms with Gasteiger partial charge in [0.05, 0.1) is 12.3 Å². The number of benzene rings is 2. The lowest BCUT2D eigenvalue weighted by molar-refractivity contribution is 0.276. The maximum absolute atomic E-state index is 9.34. The summed E-state index contributed by atoms with van der Waals surface area (Å²) in [4.78, 5) is 8.34. The van der Waals surface area contributed by atoms with Crippen molar-refractivity contribution in [1.82, 2.24) is 9.97 Å². The summed E-state index contributed by atoms with van der Waals surface area (Å²) in [5.74, 6) is 1.16. The van der Waals surface area contributed by atoms with Crippen LogP contribution in [-0.4, -0.2) is 26.4 Å². The summed E-state index contributed by atoms with van der Waals surface area (Å²) in [6, 6.07) is 17.3. The molecule has 0 saturated carbocycles. The number of hydrogen-bond acceptors (Lipinski definition) is 6. The van der Waals surface area contributed by atoms with Gasteiger partial charge in [0.1, 0.15) is 11.6 Å². The number of aliphatic hydroxyl groups is 1. The van der Waals surface area contributed by atoms with E-state index in [1.54, 1.807) is 24.4 Å². The third-order valence-electron chi connectivity index (χ3n) is 4.13. The van der Waals surface area contributed by atoms with Crippen molar-refractivity contribution in [3.63, 3.8) is 0 Å². The lowest BCUT2D eigenvalue weighted by Gasteiger charge is -2.02. The van der Waals surface area contributed by atoms with Gasteiger partial charge in [0.25, 0.3) is 0 Å². The minimum absolute atomic E-state index is 0.00327. The van der Waals surface area contributed by atoms with Crippen LogP contribution < -0.4 is 5.14 Å². The molecule has 0 aliphatic heterocycles. The third-order valence-corrected chi connectivity index (χ3v) is 4.13. The highest BCUT2D eigenvalue weighted by Crippen LogP contribution is 2.23. The first kappa shape index (κ1) is 25.6. The number of rotatable bonds is 6. The van der Waals surface area contributed by atoms with Crippen LogP contribution in [0.1, 0.15) is 43.3 Å². The fourth-order valence-electron chi connectivity index (χ4n) is 2.69. The van der Waals surface area contributed by atoms with Gasteiger partial charge in [-0.3, -0.25) is 5.14 Å². The molecular formula is C24H33N3O2S. The number of aromatic nitrogens is 2. The summed E-state index contributed by atoms with van der Waals surface area (Å²) in [5.41, 5.74) is 4.13.